The zero-order valence-electron chi connectivity index (χ0n) is 26.6. The van der Waals surface area contributed by atoms with Crippen LogP contribution in [-0.2, 0) is 29.9 Å². The van der Waals surface area contributed by atoms with Gasteiger partial charge in [-0.15, -0.1) is 0 Å². The number of methoxy groups -OCH3 is 1. The van der Waals surface area contributed by atoms with Crippen molar-refractivity contribution in [2.45, 2.75) is 82.8 Å². The minimum absolute atomic E-state index is 0.0369. The number of aliphatic hydroxyl groups excluding tert-OH is 1. The van der Waals surface area contributed by atoms with Crippen LogP contribution in [0.25, 0.3) is 11.1 Å². The molecule has 0 heterocycles. The number of ether oxygens (including phenoxy) is 2. The largest absolute Gasteiger partial charge is 0.496 e. The van der Waals surface area contributed by atoms with Gasteiger partial charge in [0.1, 0.15) is 11.5 Å². The third-order valence-corrected chi connectivity index (χ3v) is 8.31. The summed E-state index contributed by atoms with van der Waals surface area (Å²) in [4.78, 5) is 12.5. The second-order valence-corrected chi connectivity index (χ2v) is 12.0. The van der Waals surface area contributed by atoms with Crippen molar-refractivity contribution in [2.24, 2.45) is 0 Å². The van der Waals surface area contributed by atoms with Crippen molar-refractivity contribution < 1.29 is 64.0 Å². The number of halogens is 9. The third kappa shape index (κ3) is 9.38. The van der Waals surface area contributed by atoms with Crippen LogP contribution in [0.3, 0.4) is 0 Å². The summed E-state index contributed by atoms with van der Waals surface area (Å²) >= 11 is 0. The van der Waals surface area contributed by atoms with E-state index < -0.39 is 58.9 Å². The highest BCUT2D eigenvalue weighted by molar-refractivity contribution is 5.76. The molecule has 0 aliphatic heterocycles. The summed E-state index contributed by atoms with van der Waals surface area (Å²) in [5.74, 6) is -0.426. The van der Waals surface area contributed by atoms with E-state index in [1.54, 1.807) is 24.0 Å². The normalized spacial score (nSPS) is 15.3. The molecule has 0 aromatic heterocycles. The first-order valence-corrected chi connectivity index (χ1v) is 15.2. The Morgan fingerprint density at radius 1 is 0.857 bits per heavy atom. The number of hydrogen-bond acceptors (Lipinski definition) is 5. The number of carboxylic acid groups (broad SMARTS) is 1. The number of aliphatic carboxylic acids is 1. The fourth-order valence-corrected chi connectivity index (χ4v) is 5.58. The Kier molecular flexibility index (Phi) is 11.2. The smallest absolute Gasteiger partial charge is 0.416 e. The summed E-state index contributed by atoms with van der Waals surface area (Å²) in [5.41, 5.74) is -3.57. The van der Waals surface area contributed by atoms with E-state index in [-0.39, 0.29) is 55.0 Å². The van der Waals surface area contributed by atoms with Crippen LogP contribution < -0.4 is 9.47 Å². The summed E-state index contributed by atoms with van der Waals surface area (Å²) in [5, 5.41) is 20.1. The number of rotatable bonds is 13. The van der Waals surface area contributed by atoms with Gasteiger partial charge in [-0.3, -0.25) is 9.69 Å². The maximum atomic E-state index is 14.0. The van der Waals surface area contributed by atoms with Crippen molar-refractivity contribution in [3.63, 3.8) is 0 Å². The van der Waals surface area contributed by atoms with Crippen LogP contribution >= 0.6 is 0 Å². The van der Waals surface area contributed by atoms with E-state index in [1.807, 2.05) is 0 Å². The lowest BCUT2D eigenvalue weighted by molar-refractivity contribution is -0.143. The number of carbonyl (C=O) groups is 1. The quantitative estimate of drug-likeness (QED) is 0.136. The average molecular weight is 708 g/mol. The lowest BCUT2D eigenvalue weighted by Crippen LogP contribution is -2.39. The zero-order chi connectivity index (χ0) is 36.5. The Labute approximate surface area is 276 Å². The van der Waals surface area contributed by atoms with Crippen LogP contribution in [0.1, 0.15) is 72.1 Å². The SMILES string of the molecule is COc1cc(C)c(OCCCC(=O)O)cc1-c1ccc(C(F)(F)F)cc1CN(C1CC1)C(C)C(O)c1cc(C(F)(F)F)cc(C(F)(F)F)c1. The monoisotopic (exact) mass is 707 g/mol. The highest BCUT2D eigenvalue weighted by Gasteiger charge is 2.40. The van der Waals surface area contributed by atoms with E-state index in [4.69, 9.17) is 14.6 Å². The maximum Gasteiger partial charge on any atom is 0.416 e. The lowest BCUT2D eigenvalue weighted by atomic mass is 9.93. The molecule has 0 saturated heterocycles. The number of aliphatic hydroxyl groups is 1. The molecule has 4 rings (SSSR count). The molecule has 3 aromatic carbocycles. The third-order valence-electron chi connectivity index (χ3n) is 8.31. The van der Waals surface area contributed by atoms with Crippen molar-refractivity contribution in [3.05, 3.63) is 81.9 Å². The summed E-state index contributed by atoms with van der Waals surface area (Å²) < 4.78 is 135. The van der Waals surface area contributed by atoms with E-state index >= 15 is 0 Å². The molecule has 2 unspecified atom stereocenters. The molecule has 3 aromatic rings. The van der Waals surface area contributed by atoms with Crippen molar-refractivity contribution in [2.75, 3.05) is 13.7 Å². The van der Waals surface area contributed by atoms with Crippen LogP contribution in [0.15, 0.2) is 48.5 Å². The zero-order valence-corrected chi connectivity index (χ0v) is 26.6. The van der Waals surface area contributed by atoms with Crippen LogP contribution in [0.2, 0.25) is 0 Å². The molecule has 15 heteroatoms. The van der Waals surface area contributed by atoms with Crippen molar-refractivity contribution in [1.82, 2.24) is 4.90 Å². The van der Waals surface area contributed by atoms with E-state index in [2.05, 4.69) is 0 Å². The topological polar surface area (TPSA) is 79.2 Å². The Hall–Kier alpha value is -3.98. The predicted molar refractivity (Wildman–Crippen MR) is 160 cm³/mol. The molecule has 0 spiro atoms. The van der Waals surface area contributed by atoms with Gasteiger partial charge in [-0.1, -0.05) is 6.07 Å². The second kappa shape index (κ2) is 14.5. The van der Waals surface area contributed by atoms with Crippen LogP contribution in [0, 0.1) is 6.92 Å². The molecule has 1 saturated carbocycles. The molecule has 49 heavy (non-hydrogen) atoms. The van der Waals surface area contributed by atoms with Gasteiger partial charge >= 0.3 is 24.5 Å². The van der Waals surface area contributed by atoms with Gasteiger partial charge in [0, 0.05) is 30.6 Å². The highest BCUT2D eigenvalue weighted by Crippen LogP contribution is 2.43. The molecule has 2 atom stereocenters. The van der Waals surface area contributed by atoms with Gasteiger partial charge in [0.25, 0.3) is 0 Å². The Morgan fingerprint density at radius 2 is 1.45 bits per heavy atom. The molecule has 1 aliphatic rings. The molecule has 1 aliphatic carbocycles. The number of nitrogens with zero attached hydrogens (tertiary/aromatic N) is 1. The number of aryl methyl sites for hydroxylation is 1. The number of alkyl halides is 9. The van der Waals surface area contributed by atoms with Crippen LogP contribution in [0.5, 0.6) is 11.5 Å². The molecule has 268 valence electrons. The first-order valence-electron chi connectivity index (χ1n) is 15.2. The van der Waals surface area contributed by atoms with Gasteiger partial charge in [0.2, 0.25) is 0 Å². The van der Waals surface area contributed by atoms with Crippen LogP contribution in [0.4, 0.5) is 39.5 Å². The standard InChI is InChI=1S/C34H34F9NO5/c1-18-11-29(48-3)27(16-28(18)49-10-4-5-30(45)46)26-9-6-22(32(35,36)37)14-21(26)17-44(25-7-8-25)19(2)31(47)20-12-23(33(38,39)40)15-24(13-20)34(41,42)43/h6,9,11-16,19,25,31,47H,4-5,7-8,10,17H2,1-3H3,(H,45,46). The molecule has 2 N–H and O–H groups in total. The fraction of sp³-hybridized carbons (Fsp3) is 0.441. The highest BCUT2D eigenvalue weighted by atomic mass is 19.4. The van der Waals surface area contributed by atoms with E-state index in [9.17, 15) is 49.4 Å². The summed E-state index contributed by atoms with van der Waals surface area (Å²) in [6.45, 7) is 2.86. The molecule has 0 radical (unpaired) electrons. The molecule has 0 bridgehead atoms. The van der Waals surface area contributed by atoms with E-state index in [0.29, 0.717) is 41.9 Å². The van der Waals surface area contributed by atoms with Crippen molar-refractivity contribution in [3.8, 4) is 22.6 Å². The van der Waals surface area contributed by atoms with Crippen LogP contribution in [-0.4, -0.2) is 46.9 Å². The van der Waals surface area contributed by atoms with Gasteiger partial charge in [0.15, 0.2) is 0 Å². The molecule has 6 nitrogen and oxygen atoms in total. The number of benzene rings is 3. The summed E-state index contributed by atoms with van der Waals surface area (Å²) in [7, 11) is 1.36. The lowest BCUT2D eigenvalue weighted by Gasteiger charge is -2.34. The maximum absolute atomic E-state index is 14.0. The average Bonchev–Trinajstić information content (AvgIpc) is 3.85. The Balaban J connectivity index is 1.78. The first-order chi connectivity index (χ1) is 22.7. The minimum Gasteiger partial charge on any atom is -0.496 e. The number of hydrogen-bond donors (Lipinski definition) is 2. The molecule has 1 fully saturated rings. The van der Waals surface area contributed by atoms with Gasteiger partial charge in [-0.25, -0.2) is 0 Å². The van der Waals surface area contributed by atoms with Gasteiger partial charge in [-0.05, 0) is 97.8 Å². The van der Waals surface area contributed by atoms with Crippen molar-refractivity contribution in [1.29, 1.82) is 0 Å². The minimum atomic E-state index is -5.14. The predicted octanol–water partition coefficient (Wildman–Crippen LogP) is 9.06. The number of carboxylic acids is 1. The van der Waals surface area contributed by atoms with Gasteiger partial charge in [0.05, 0.1) is 36.5 Å². The fourth-order valence-electron chi connectivity index (χ4n) is 5.58. The van der Waals surface area contributed by atoms with E-state index in [0.717, 1.165) is 12.1 Å². The Bertz CT molecular complexity index is 1620. The molecular weight excluding hydrogens is 673 g/mol. The van der Waals surface area contributed by atoms with Gasteiger partial charge < -0.3 is 19.7 Å². The van der Waals surface area contributed by atoms with Crippen molar-refractivity contribution >= 4 is 5.97 Å². The summed E-state index contributed by atoms with van der Waals surface area (Å²) in [6.07, 6.45) is -15.8. The summed E-state index contributed by atoms with van der Waals surface area (Å²) in [6, 6.07) is 5.51. The Morgan fingerprint density at radius 3 is 1.96 bits per heavy atom. The van der Waals surface area contributed by atoms with E-state index in [1.165, 1.54) is 20.1 Å². The molecule has 0 amide bonds. The second-order valence-electron chi connectivity index (χ2n) is 12.0. The first kappa shape index (κ1) is 37.8. The molecular formula is C34H34F9NO5. The van der Waals surface area contributed by atoms with Gasteiger partial charge in [-0.2, -0.15) is 39.5 Å².